The molecule has 9 heteroatoms. The van der Waals surface area contributed by atoms with Gasteiger partial charge in [-0.25, -0.2) is 0 Å². The zero-order chi connectivity index (χ0) is 70.2. The quantitative estimate of drug-likeness (QED) is 0.157. The largest absolute Gasteiger partial charge is 0.461 e. The Bertz CT molecular complexity index is 3800. The maximum Gasteiger partial charge on any atom is 0.231 e. The normalized spacial score (nSPS) is 12.3. The lowest BCUT2D eigenvalue weighted by Crippen LogP contribution is -2.12. The highest BCUT2D eigenvalue weighted by Gasteiger charge is 2.22. The van der Waals surface area contributed by atoms with E-state index in [0.717, 1.165) is 28.5 Å². The first-order valence-corrected chi connectivity index (χ1v) is 34.3. The van der Waals surface area contributed by atoms with Gasteiger partial charge in [0, 0.05) is 96.2 Å². The molecule has 0 bridgehead atoms. The van der Waals surface area contributed by atoms with Gasteiger partial charge in [0.05, 0.1) is 0 Å². The lowest BCUT2D eigenvalue weighted by molar-refractivity contribution is 0.174. The van der Waals surface area contributed by atoms with E-state index in [2.05, 4.69) is 331 Å². The van der Waals surface area contributed by atoms with Crippen molar-refractivity contribution < 1.29 is 13.9 Å². The first kappa shape index (κ1) is 75.8. The van der Waals surface area contributed by atoms with Gasteiger partial charge in [-0.3, -0.25) is 15.0 Å². The highest BCUT2D eigenvalue weighted by atomic mass is 32.1. The van der Waals surface area contributed by atoms with Gasteiger partial charge in [0.25, 0.3) is 0 Å². The van der Waals surface area contributed by atoms with Crippen molar-refractivity contribution in [3.63, 3.8) is 0 Å². The average Bonchev–Trinajstić information content (AvgIpc) is 1.73. The van der Waals surface area contributed by atoms with E-state index in [1.165, 1.54) is 70.1 Å². The Morgan fingerprint density at radius 3 is 1.47 bits per heavy atom. The maximum absolute atomic E-state index is 5.73. The minimum Gasteiger partial charge on any atom is -0.461 e. The molecule has 0 aliphatic carbocycles. The van der Waals surface area contributed by atoms with Crippen molar-refractivity contribution in [1.82, 2.24) is 24.9 Å². The molecule has 0 saturated carbocycles. The van der Waals surface area contributed by atoms with Crippen LogP contribution in [0.15, 0.2) is 218 Å². The Hall–Kier alpha value is -8.27. The van der Waals surface area contributed by atoms with Gasteiger partial charge in [-0.15, -0.1) is 11.3 Å². The van der Waals surface area contributed by atoms with Gasteiger partial charge in [-0.2, -0.15) is 0 Å². The van der Waals surface area contributed by atoms with E-state index in [0.29, 0.717) is 6.79 Å². The molecule has 7 aromatic heterocycles. The Labute approximate surface area is 574 Å². The molecule has 12 aromatic rings. The van der Waals surface area contributed by atoms with Crippen LogP contribution >= 0.6 is 11.3 Å². The van der Waals surface area contributed by atoms with Gasteiger partial charge in [-0.05, 0) is 145 Å². The monoisotopic (exact) mass is 1290 g/mol. The van der Waals surface area contributed by atoms with Crippen LogP contribution in [0.1, 0.15) is 210 Å². The maximum atomic E-state index is 5.73. The molecule has 5 aromatic carbocycles. The topological polar surface area (TPSA) is 102 Å². The summed E-state index contributed by atoms with van der Waals surface area (Å²) in [7, 11) is 0. The fourth-order valence-corrected chi connectivity index (χ4v) is 10.8. The fraction of sp³-hybridized carbons (Fsp3) is 0.384. The van der Waals surface area contributed by atoms with Crippen LogP contribution in [0.2, 0.25) is 0 Å². The van der Waals surface area contributed by atoms with Crippen molar-refractivity contribution in [2.75, 3.05) is 6.79 Å². The van der Waals surface area contributed by atoms with E-state index < -0.39 is 0 Å². The predicted molar refractivity (Wildman–Crippen MR) is 410 cm³/mol. The number of hydrogen-bond acceptors (Lipinski definition) is 7. The Kier molecular flexibility index (Phi) is 25.5. The number of para-hydroxylation sites is 3. The zero-order valence-corrected chi connectivity index (χ0v) is 62.7. The molecule has 0 fully saturated rings. The van der Waals surface area contributed by atoms with Crippen molar-refractivity contribution >= 4 is 54.2 Å². The van der Waals surface area contributed by atoms with Crippen LogP contribution in [0.3, 0.4) is 0 Å². The third-order valence-corrected chi connectivity index (χ3v) is 17.4. The number of pyridine rings is 3. The van der Waals surface area contributed by atoms with Crippen LogP contribution in [-0.4, -0.2) is 31.7 Å². The first-order valence-electron chi connectivity index (χ1n) is 33.5. The van der Waals surface area contributed by atoms with E-state index in [1.54, 1.807) is 6.20 Å². The number of furan rings is 1. The van der Waals surface area contributed by atoms with Gasteiger partial charge < -0.3 is 23.9 Å². The summed E-state index contributed by atoms with van der Waals surface area (Å²) in [5, 5.41) is 5.20. The highest BCUT2D eigenvalue weighted by molar-refractivity contribution is 7.19. The second kappa shape index (κ2) is 32.0. The molecule has 95 heavy (non-hydrogen) atoms. The molecule has 0 amide bonds. The minimum atomic E-state index is 0.0962. The molecule has 0 saturated heterocycles. The first-order chi connectivity index (χ1) is 44.2. The molecule has 0 radical (unpaired) electrons. The molecule has 2 N–H and O–H groups in total. The summed E-state index contributed by atoms with van der Waals surface area (Å²) < 4.78 is 17.7. The molecular formula is C86H111N5O3S. The Morgan fingerprint density at radius 2 is 0.968 bits per heavy atom. The smallest absolute Gasteiger partial charge is 0.231 e. The van der Waals surface area contributed by atoms with E-state index >= 15 is 0 Å². The number of fused-ring (bicyclic) bond motifs is 5. The third kappa shape index (κ3) is 23.6. The lowest BCUT2D eigenvalue weighted by atomic mass is 9.87. The van der Waals surface area contributed by atoms with Crippen LogP contribution in [-0.2, 0) is 43.3 Å². The van der Waals surface area contributed by atoms with Crippen molar-refractivity contribution in [3.05, 3.63) is 257 Å². The second-order valence-corrected chi connectivity index (χ2v) is 33.7. The van der Waals surface area contributed by atoms with Gasteiger partial charge in [0.1, 0.15) is 11.3 Å². The summed E-state index contributed by atoms with van der Waals surface area (Å²) in [6.45, 7) is 53.2. The SMILES string of the molecule is CC(C)(C)c1c[nH]c2ccccc12.CC(C)(C)c1cc2ccccc2[nH]1.CC(C)(C)c1cc2ccccc2o1.CC(C)(C)c1cc2ccccc2s1.CC(C)(C)c1ccc2c(c1)OCO2.CC(C)(C)c1ccccn1.CC(C)(C)c1cccnc1.CC(C)(C)c1ccncc1. The third-order valence-electron chi connectivity index (χ3n) is 15.8. The molecular weight excluding hydrogens is 1180 g/mol. The van der Waals surface area contributed by atoms with Crippen LogP contribution in [0.25, 0.3) is 42.9 Å². The van der Waals surface area contributed by atoms with Gasteiger partial charge >= 0.3 is 0 Å². The van der Waals surface area contributed by atoms with E-state index in [4.69, 9.17) is 13.9 Å². The number of aromatic amines is 2. The van der Waals surface area contributed by atoms with Crippen LogP contribution < -0.4 is 9.47 Å². The van der Waals surface area contributed by atoms with Crippen LogP contribution in [0, 0.1) is 0 Å². The minimum absolute atomic E-state index is 0.0962. The van der Waals surface area contributed by atoms with Crippen LogP contribution in [0.4, 0.5) is 0 Å². The highest BCUT2D eigenvalue weighted by Crippen LogP contribution is 2.37. The number of H-pyrrole nitrogens is 2. The number of nitrogens with one attached hydrogen (secondary N) is 2. The summed E-state index contributed by atoms with van der Waals surface area (Å²) in [5.41, 5.74) is 12.8. The molecule has 1 aliphatic heterocycles. The Balaban J connectivity index is 0.000000172. The number of hydrogen-bond donors (Lipinski definition) is 2. The lowest BCUT2D eigenvalue weighted by Gasteiger charge is -2.18. The van der Waals surface area contributed by atoms with Crippen molar-refractivity contribution in [3.8, 4) is 11.5 Å². The molecule has 0 spiro atoms. The number of thiophene rings is 1. The van der Waals surface area contributed by atoms with E-state index in [-0.39, 0.29) is 43.3 Å². The second-order valence-electron chi connectivity index (χ2n) is 32.6. The summed E-state index contributed by atoms with van der Waals surface area (Å²) in [4.78, 5) is 20.5. The van der Waals surface area contributed by atoms with E-state index in [9.17, 15) is 0 Å². The van der Waals surface area contributed by atoms with E-state index in [1.807, 2.05) is 78.6 Å². The Morgan fingerprint density at radius 1 is 0.389 bits per heavy atom. The standard InChI is InChI=1S/2C12H15N.C12H14O.C12H14S.C11H14O2.3C9H13N/c1-12(2,3)10-8-13-11-7-5-4-6-9(10)11;3*1-12(2,3)11-8-9-6-4-5-7-10(9)13-11;1-11(2,3)8-4-5-9-10(6-8)13-7-12-9;1-9(2,3)8-4-6-10-7-5-8;1-9(2,3)8-5-4-6-10-7-8;1-9(2,3)8-6-4-5-7-10-8/h2*4-8,13H,1-3H3;2*4-8H,1-3H3;4-6H,7H2,1-3H3;3*4-7H,1-3H3. The van der Waals surface area contributed by atoms with Gasteiger partial charge in [0.2, 0.25) is 6.79 Å². The summed E-state index contributed by atoms with van der Waals surface area (Å²) >= 11 is 1.90. The van der Waals surface area contributed by atoms with Crippen LogP contribution in [0.5, 0.6) is 11.5 Å². The summed E-state index contributed by atoms with van der Waals surface area (Å²) in [6.07, 6.45) is 11.3. The fourth-order valence-electron chi connectivity index (χ4n) is 9.70. The van der Waals surface area contributed by atoms with Gasteiger partial charge in [0.15, 0.2) is 11.5 Å². The summed E-state index contributed by atoms with van der Waals surface area (Å²) in [6, 6.07) is 60.5. The zero-order valence-electron chi connectivity index (χ0n) is 61.9. The molecule has 1 aliphatic rings. The number of ether oxygens (including phenoxy) is 2. The molecule has 13 rings (SSSR count). The van der Waals surface area contributed by atoms with Crippen molar-refractivity contribution in [1.29, 1.82) is 0 Å². The number of aromatic nitrogens is 5. The number of benzene rings is 5. The number of rotatable bonds is 0. The molecule has 0 unspecified atom stereocenters. The van der Waals surface area contributed by atoms with Crippen molar-refractivity contribution in [2.24, 2.45) is 0 Å². The van der Waals surface area contributed by atoms with Gasteiger partial charge in [-0.1, -0.05) is 257 Å². The molecule has 0 atom stereocenters. The predicted octanol–water partition coefficient (Wildman–Crippen LogP) is 24.7. The summed E-state index contributed by atoms with van der Waals surface area (Å²) in [5.74, 6) is 2.77. The molecule has 8 heterocycles. The van der Waals surface area contributed by atoms with Crippen molar-refractivity contribution in [2.45, 2.75) is 209 Å². The molecule has 504 valence electrons. The molecule has 8 nitrogen and oxygen atoms in total. The average molecular weight is 1290 g/mol. The number of nitrogens with zero attached hydrogens (tertiary/aromatic N) is 3.